The third-order valence-electron chi connectivity index (χ3n) is 3.45. The number of aryl methyl sites for hydroxylation is 2. The van der Waals surface area contributed by atoms with Crippen LogP contribution in [0.2, 0.25) is 0 Å². The van der Waals surface area contributed by atoms with Gasteiger partial charge in [-0.3, -0.25) is 0 Å². The number of benzene rings is 2. The SMILES string of the molecule is Cc1cc(C)cc(OCC(N)c2ccc3c(c2)OCO3)c1. The van der Waals surface area contributed by atoms with Crippen LogP contribution in [-0.4, -0.2) is 13.4 Å². The standard InChI is InChI=1S/C17H19NO3/c1-11-5-12(2)7-14(6-11)19-9-15(18)13-3-4-16-17(8-13)21-10-20-16/h3-8,15H,9-10,18H2,1-2H3. The molecule has 1 aliphatic rings. The average molecular weight is 285 g/mol. The predicted octanol–water partition coefficient (Wildman–Crippen LogP) is 3.11. The van der Waals surface area contributed by atoms with E-state index < -0.39 is 0 Å². The van der Waals surface area contributed by atoms with Gasteiger partial charge in [-0.05, 0) is 54.8 Å². The van der Waals surface area contributed by atoms with Gasteiger partial charge in [0, 0.05) is 0 Å². The quantitative estimate of drug-likeness (QED) is 0.937. The summed E-state index contributed by atoms with van der Waals surface area (Å²) < 4.78 is 16.5. The van der Waals surface area contributed by atoms with Crippen molar-refractivity contribution in [2.24, 2.45) is 5.73 Å². The van der Waals surface area contributed by atoms with Gasteiger partial charge in [0.05, 0.1) is 6.04 Å². The lowest BCUT2D eigenvalue weighted by atomic mass is 10.1. The molecular formula is C17H19NO3. The summed E-state index contributed by atoms with van der Waals surface area (Å²) in [5, 5.41) is 0. The molecule has 0 aliphatic carbocycles. The fraction of sp³-hybridized carbons (Fsp3) is 0.294. The second-order valence-electron chi connectivity index (χ2n) is 5.35. The van der Waals surface area contributed by atoms with Gasteiger partial charge in [0.2, 0.25) is 6.79 Å². The number of hydrogen-bond donors (Lipinski definition) is 1. The van der Waals surface area contributed by atoms with Gasteiger partial charge in [0.25, 0.3) is 0 Å². The minimum atomic E-state index is -0.208. The first kappa shape index (κ1) is 13.8. The fourth-order valence-corrected chi connectivity index (χ4v) is 2.44. The molecule has 0 radical (unpaired) electrons. The van der Waals surface area contributed by atoms with Crippen molar-refractivity contribution in [1.82, 2.24) is 0 Å². The Balaban J connectivity index is 1.67. The second kappa shape index (κ2) is 5.66. The Morgan fingerprint density at radius 1 is 1.05 bits per heavy atom. The summed E-state index contributed by atoms with van der Waals surface area (Å²) in [6.45, 7) is 4.80. The molecule has 1 heterocycles. The monoisotopic (exact) mass is 285 g/mol. The van der Waals surface area contributed by atoms with E-state index in [0.29, 0.717) is 6.61 Å². The highest BCUT2D eigenvalue weighted by molar-refractivity contribution is 5.45. The molecule has 0 saturated carbocycles. The van der Waals surface area contributed by atoms with Crippen LogP contribution in [0, 0.1) is 13.8 Å². The van der Waals surface area contributed by atoms with Gasteiger partial charge in [-0.1, -0.05) is 12.1 Å². The Kier molecular flexibility index (Phi) is 3.71. The molecular weight excluding hydrogens is 266 g/mol. The Morgan fingerprint density at radius 3 is 2.52 bits per heavy atom. The van der Waals surface area contributed by atoms with E-state index in [1.165, 1.54) is 11.1 Å². The molecule has 0 fully saturated rings. The van der Waals surface area contributed by atoms with Crippen molar-refractivity contribution < 1.29 is 14.2 Å². The van der Waals surface area contributed by atoms with Crippen molar-refractivity contribution in [3.8, 4) is 17.2 Å². The summed E-state index contributed by atoms with van der Waals surface area (Å²) in [6.07, 6.45) is 0. The van der Waals surface area contributed by atoms with Crippen molar-refractivity contribution in [3.63, 3.8) is 0 Å². The molecule has 21 heavy (non-hydrogen) atoms. The zero-order valence-corrected chi connectivity index (χ0v) is 12.3. The molecule has 1 unspecified atom stereocenters. The minimum Gasteiger partial charge on any atom is -0.492 e. The third kappa shape index (κ3) is 3.11. The smallest absolute Gasteiger partial charge is 0.231 e. The van der Waals surface area contributed by atoms with Gasteiger partial charge in [-0.15, -0.1) is 0 Å². The van der Waals surface area contributed by atoms with E-state index in [1.54, 1.807) is 0 Å². The van der Waals surface area contributed by atoms with Crippen molar-refractivity contribution in [2.75, 3.05) is 13.4 Å². The van der Waals surface area contributed by atoms with Gasteiger partial charge in [0.1, 0.15) is 12.4 Å². The van der Waals surface area contributed by atoms with Crippen molar-refractivity contribution in [1.29, 1.82) is 0 Å². The van der Waals surface area contributed by atoms with Crippen LogP contribution in [0.15, 0.2) is 36.4 Å². The summed E-state index contributed by atoms with van der Waals surface area (Å²) in [7, 11) is 0. The van der Waals surface area contributed by atoms with Crippen molar-refractivity contribution in [3.05, 3.63) is 53.1 Å². The third-order valence-corrected chi connectivity index (χ3v) is 3.45. The van der Waals surface area contributed by atoms with Crippen LogP contribution < -0.4 is 19.9 Å². The number of fused-ring (bicyclic) bond motifs is 1. The lowest BCUT2D eigenvalue weighted by molar-refractivity contribution is 0.174. The zero-order chi connectivity index (χ0) is 14.8. The van der Waals surface area contributed by atoms with Crippen LogP contribution in [0.1, 0.15) is 22.7 Å². The number of nitrogens with two attached hydrogens (primary N) is 1. The molecule has 1 atom stereocenters. The van der Waals surface area contributed by atoms with E-state index in [2.05, 4.69) is 19.9 Å². The maximum absolute atomic E-state index is 6.19. The van der Waals surface area contributed by atoms with Crippen molar-refractivity contribution in [2.45, 2.75) is 19.9 Å². The van der Waals surface area contributed by atoms with Gasteiger partial charge < -0.3 is 19.9 Å². The van der Waals surface area contributed by atoms with Crippen LogP contribution in [-0.2, 0) is 0 Å². The summed E-state index contributed by atoms with van der Waals surface area (Å²) in [4.78, 5) is 0. The first-order valence-corrected chi connectivity index (χ1v) is 6.98. The van der Waals surface area contributed by atoms with Crippen LogP contribution >= 0.6 is 0 Å². The molecule has 0 amide bonds. The van der Waals surface area contributed by atoms with E-state index >= 15 is 0 Å². The molecule has 2 aromatic rings. The van der Waals surface area contributed by atoms with Crippen molar-refractivity contribution >= 4 is 0 Å². The van der Waals surface area contributed by atoms with E-state index in [-0.39, 0.29) is 12.8 Å². The first-order valence-electron chi connectivity index (χ1n) is 6.98. The van der Waals surface area contributed by atoms with E-state index in [0.717, 1.165) is 22.8 Å². The molecule has 0 aromatic heterocycles. The topological polar surface area (TPSA) is 53.7 Å². The van der Waals surface area contributed by atoms with Gasteiger partial charge in [0.15, 0.2) is 11.5 Å². The highest BCUT2D eigenvalue weighted by Gasteiger charge is 2.16. The van der Waals surface area contributed by atoms with Crippen LogP contribution in [0.3, 0.4) is 0 Å². The molecule has 0 saturated heterocycles. The van der Waals surface area contributed by atoms with Gasteiger partial charge >= 0.3 is 0 Å². The normalized spacial score (nSPS) is 14.0. The molecule has 4 heteroatoms. The lowest BCUT2D eigenvalue weighted by Gasteiger charge is -2.15. The fourth-order valence-electron chi connectivity index (χ4n) is 2.44. The molecule has 0 spiro atoms. The summed E-state index contributed by atoms with van der Waals surface area (Å²) in [5.41, 5.74) is 9.53. The molecule has 0 bridgehead atoms. The van der Waals surface area contributed by atoms with E-state index in [1.807, 2.05) is 30.3 Å². The maximum Gasteiger partial charge on any atom is 0.231 e. The van der Waals surface area contributed by atoms with Crippen LogP contribution in [0.25, 0.3) is 0 Å². The summed E-state index contributed by atoms with van der Waals surface area (Å²) >= 11 is 0. The highest BCUT2D eigenvalue weighted by atomic mass is 16.7. The van der Waals surface area contributed by atoms with Gasteiger partial charge in [-0.25, -0.2) is 0 Å². The Hall–Kier alpha value is -2.20. The minimum absolute atomic E-state index is 0.208. The van der Waals surface area contributed by atoms with E-state index in [9.17, 15) is 0 Å². The number of rotatable bonds is 4. The number of hydrogen-bond acceptors (Lipinski definition) is 4. The first-order chi connectivity index (χ1) is 10.1. The molecule has 1 aliphatic heterocycles. The molecule has 2 N–H and O–H groups in total. The summed E-state index contributed by atoms with van der Waals surface area (Å²) in [6, 6.07) is 11.7. The predicted molar refractivity (Wildman–Crippen MR) is 80.9 cm³/mol. The van der Waals surface area contributed by atoms with Gasteiger partial charge in [-0.2, -0.15) is 0 Å². The second-order valence-corrected chi connectivity index (χ2v) is 5.35. The highest BCUT2D eigenvalue weighted by Crippen LogP contribution is 2.33. The Bertz CT molecular complexity index is 634. The Labute approximate surface area is 124 Å². The molecule has 3 rings (SSSR count). The lowest BCUT2D eigenvalue weighted by Crippen LogP contribution is -2.19. The van der Waals surface area contributed by atoms with E-state index in [4.69, 9.17) is 19.9 Å². The Morgan fingerprint density at radius 2 is 1.76 bits per heavy atom. The van der Waals surface area contributed by atoms with Crippen LogP contribution in [0.4, 0.5) is 0 Å². The largest absolute Gasteiger partial charge is 0.492 e. The average Bonchev–Trinajstić information content (AvgIpc) is 2.91. The zero-order valence-electron chi connectivity index (χ0n) is 12.3. The number of ether oxygens (including phenoxy) is 3. The van der Waals surface area contributed by atoms with Crippen LogP contribution in [0.5, 0.6) is 17.2 Å². The molecule has 110 valence electrons. The molecule has 2 aromatic carbocycles. The maximum atomic E-state index is 6.19. The molecule has 4 nitrogen and oxygen atoms in total. The summed E-state index contributed by atoms with van der Waals surface area (Å²) in [5.74, 6) is 2.36.